The molecule has 6 nitrogen and oxygen atoms in total. The molecule has 2 N–H and O–H groups in total. The SMILES string of the molecule is N=Cc1ccccc1C[C@@H](C(=O)O)N1CCC(CN2CCC(Oc3ccc(Cl)c(Cl)c3)CC2)CC1. The number of piperidine rings is 2. The number of nitrogens with zero attached hydrogens (tertiary/aromatic N) is 2. The van der Waals surface area contributed by atoms with Crippen molar-refractivity contribution in [2.45, 2.75) is 44.2 Å². The minimum Gasteiger partial charge on any atom is -0.490 e. The molecule has 0 amide bonds. The first-order chi connectivity index (χ1) is 16.9. The lowest BCUT2D eigenvalue weighted by Crippen LogP contribution is -2.49. The summed E-state index contributed by atoms with van der Waals surface area (Å²) < 4.78 is 6.11. The van der Waals surface area contributed by atoms with Crippen LogP contribution in [0.4, 0.5) is 0 Å². The molecule has 4 rings (SSSR count). The van der Waals surface area contributed by atoms with Crippen molar-refractivity contribution in [2.24, 2.45) is 5.92 Å². The number of benzene rings is 2. The normalized spacial score (nSPS) is 19.4. The van der Waals surface area contributed by atoms with Crippen LogP contribution in [-0.2, 0) is 11.2 Å². The quantitative estimate of drug-likeness (QED) is 0.444. The van der Waals surface area contributed by atoms with Gasteiger partial charge in [0, 0.05) is 31.9 Å². The van der Waals surface area contributed by atoms with Crippen LogP contribution < -0.4 is 4.74 Å². The van der Waals surface area contributed by atoms with Gasteiger partial charge in [0.25, 0.3) is 0 Å². The van der Waals surface area contributed by atoms with Crippen molar-refractivity contribution in [1.82, 2.24) is 9.80 Å². The Balaban J connectivity index is 1.22. The summed E-state index contributed by atoms with van der Waals surface area (Å²) in [6.07, 6.45) is 5.90. The van der Waals surface area contributed by atoms with Crippen molar-refractivity contribution < 1.29 is 14.6 Å². The number of aliphatic carboxylic acids is 1. The third kappa shape index (κ3) is 6.98. The second-order valence-corrected chi connectivity index (χ2v) is 10.4. The molecule has 0 radical (unpaired) electrons. The third-order valence-corrected chi connectivity index (χ3v) is 7.98. The molecule has 8 heteroatoms. The Hall–Kier alpha value is -2.12. The van der Waals surface area contributed by atoms with Crippen LogP contribution in [0.25, 0.3) is 0 Å². The number of hydrogen-bond acceptors (Lipinski definition) is 5. The van der Waals surface area contributed by atoms with Crippen LogP contribution in [0.1, 0.15) is 36.8 Å². The molecule has 0 saturated carbocycles. The second-order valence-electron chi connectivity index (χ2n) is 9.57. The van der Waals surface area contributed by atoms with E-state index in [9.17, 15) is 9.90 Å². The van der Waals surface area contributed by atoms with Gasteiger partial charge in [-0.2, -0.15) is 0 Å². The monoisotopic (exact) mass is 517 g/mol. The van der Waals surface area contributed by atoms with E-state index in [4.69, 9.17) is 33.3 Å². The van der Waals surface area contributed by atoms with Crippen LogP contribution in [0.2, 0.25) is 10.0 Å². The summed E-state index contributed by atoms with van der Waals surface area (Å²) in [5.41, 5.74) is 1.71. The molecule has 0 aromatic heterocycles. The topological polar surface area (TPSA) is 76.9 Å². The first-order valence-corrected chi connectivity index (χ1v) is 13.1. The Morgan fingerprint density at radius 1 is 1.06 bits per heavy atom. The Morgan fingerprint density at radius 2 is 1.77 bits per heavy atom. The standard InChI is InChI=1S/C27H33Cl2N3O3/c28-24-6-5-23(16-25(24)29)35-22-9-11-31(12-10-22)18-19-7-13-32(14-8-19)26(27(33)34)15-20-3-1-2-4-21(20)17-30/h1-6,16-17,19,22,26,30H,7-15,18H2,(H,33,34)/t26-/m0/s1. The number of rotatable bonds is 9. The average molecular weight is 518 g/mol. The first-order valence-electron chi connectivity index (χ1n) is 12.3. The first kappa shape index (κ1) is 26.0. The summed E-state index contributed by atoms with van der Waals surface area (Å²) in [5.74, 6) is 0.566. The number of nitrogens with one attached hydrogen (secondary N) is 1. The fraction of sp³-hybridized carbons (Fsp3) is 0.481. The summed E-state index contributed by atoms with van der Waals surface area (Å²) in [7, 11) is 0. The highest BCUT2D eigenvalue weighted by Crippen LogP contribution is 2.29. The molecule has 2 aromatic carbocycles. The number of hydrogen-bond donors (Lipinski definition) is 2. The predicted octanol–water partition coefficient (Wildman–Crippen LogP) is 5.24. The molecule has 2 saturated heterocycles. The molecule has 2 aromatic rings. The van der Waals surface area contributed by atoms with Gasteiger partial charge >= 0.3 is 5.97 Å². The predicted molar refractivity (Wildman–Crippen MR) is 140 cm³/mol. The molecule has 0 bridgehead atoms. The number of ether oxygens (including phenoxy) is 1. The fourth-order valence-corrected chi connectivity index (χ4v) is 5.49. The summed E-state index contributed by atoms with van der Waals surface area (Å²) in [6, 6.07) is 12.4. The number of carbonyl (C=O) groups is 1. The lowest BCUT2D eigenvalue weighted by Gasteiger charge is -2.39. The zero-order valence-electron chi connectivity index (χ0n) is 19.8. The van der Waals surface area contributed by atoms with Gasteiger partial charge in [-0.25, -0.2) is 0 Å². The van der Waals surface area contributed by atoms with Crippen LogP contribution in [0, 0.1) is 11.3 Å². The maximum absolute atomic E-state index is 12.1. The molecule has 2 fully saturated rings. The van der Waals surface area contributed by atoms with E-state index in [2.05, 4.69) is 9.80 Å². The van der Waals surface area contributed by atoms with E-state index in [-0.39, 0.29) is 6.10 Å². The average Bonchev–Trinajstić information content (AvgIpc) is 2.86. The third-order valence-electron chi connectivity index (χ3n) is 7.24. The second kappa shape index (κ2) is 12.2. The Labute approximate surface area is 217 Å². The van der Waals surface area contributed by atoms with E-state index in [1.54, 1.807) is 12.1 Å². The highest BCUT2D eigenvalue weighted by molar-refractivity contribution is 6.42. The minimum absolute atomic E-state index is 0.186. The molecule has 2 aliphatic rings. The molecule has 0 spiro atoms. The highest BCUT2D eigenvalue weighted by atomic mass is 35.5. The van der Waals surface area contributed by atoms with Crippen LogP contribution in [0.3, 0.4) is 0 Å². The highest BCUT2D eigenvalue weighted by Gasteiger charge is 2.31. The van der Waals surface area contributed by atoms with Crippen molar-refractivity contribution >= 4 is 35.4 Å². The molecular formula is C27H33Cl2N3O3. The molecule has 188 valence electrons. The van der Waals surface area contributed by atoms with Crippen LogP contribution >= 0.6 is 23.2 Å². The maximum Gasteiger partial charge on any atom is 0.321 e. The van der Waals surface area contributed by atoms with E-state index < -0.39 is 12.0 Å². The van der Waals surface area contributed by atoms with Gasteiger partial charge < -0.3 is 20.2 Å². The van der Waals surface area contributed by atoms with Crippen LogP contribution in [0.15, 0.2) is 42.5 Å². The number of halogens is 2. The molecule has 2 heterocycles. The molecule has 1 atom stereocenters. The molecule has 0 aliphatic carbocycles. The summed E-state index contributed by atoms with van der Waals surface area (Å²) >= 11 is 12.1. The summed E-state index contributed by atoms with van der Waals surface area (Å²) in [4.78, 5) is 16.7. The smallest absolute Gasteiger partial charge is 0.321 e. The number of carboxylic acid groups (broad SMARTS) is 1. The minimum atomic E-state index is -0.785. The van der Waals surface area contributed by atoms with Crippen molar-refractivity contribution in [2.75, 3.05) is 32.7 Å². The molecule has 35 heavy (non-hydrogen) atoms. The van der Waals surface area contributed by atoms with Gasteiger partial charge in [-0.3, -0.25) is 9.69 Å². The number of carboxylic acids is 1. The van der Waals surface area contributed by atoms with E-state index in [1.807, 2.05) is 30.3 Å². The summed E-state index contributed by atoms with van der Waals surface area (Å²) in [6.45, 7) is 4.66. The van der Waals surface area contributed by atoms with Gasteiger partial charge in [0.05, 0.1) is 10.0 Å². The van der Waals surface area contributed by atoms with Crippen molar-refractivity contribution in [3.05, 3.63) is 63.6 Å². The largest absolute Gasteiger partial charge is 0.490 e. The van der Waals surface area contributed by atoms with Gasteiger partial charge in [-0.1, -0.05) is 47.5 Å². The zero-order chi connectivity index (χ0) is 24.8. The zero-order valence-corrected chi connectivity index (χ0v) is 21.3. The Kier molecular flexibility index (Phi) is 9.06. The van der Waals surface area contributed by atoms with Gasteiger partial charge in [-0.15, -0.1) is 0 Å². The van der Waals surface area contributed by atoms with Gasteiger partial charge in [0.2, 0.25) is 0 Å². The van der Waals surface area contributed by atoms with Crippen LogP contribution in [0.5, 0.6) is 5.75 Å². The van der Waals surface area contributed by atoms with E-state index in [0.29, 0.717) is 22.4 Å². The number of likely N-dealkylation sites (tertiary alicyclic amines) is 2. The van der Waals surface area contributed by atoms with Gasteiger partial charge in [-0.05, 0) is 74.4 Å². The lowest BCUT2D eigenvalue weighted by atomic mass is 9.92. The van der Waals surface area contributed by atoms with E-state index in [0.717, 1.165) is 75.3 Å². The van der Waals surface area contributed by atoms with Crippen molar-refractivity contribution in [3.8, 4) is 5.75 Å². The van der Waals surface area contributed by atoms with Gasteiger partial charge in [0.15, 0.2) is 0 Å². The fourth-order valence-electron chi connectivity index (χ4n) is 5.21. The van der Waals surface area contributed by atoms with E-state index in [1.165, 1.54) is 6.21 Å². The molecular weight excluding hydrogens is 485 g/mol. The maximum atomic E-state index is 12.1. The molecule has 2 aliphatic heterocycles. The lowest BCUT2D eigenvalue weighted by molar-refractivity contribution is -0.144. The summed E-state index contributed by atoms with van der Waals surface area (Å²) in [5, 5.41) is 18.6. The Bertz CT molecular complexity index is 1020. The van der Waals surface area contributed by atoms with Gasteiger partial charge in [0.1, 0.15) is 17.9 Å². The molecule has 0 unspecified atom stereocenters. The Morgan fingerprint density at radius 3 is 2.43 bits per heavy atom. The van der Waals surface area contributed by atoms with E-state index >= 15 is 0 Å². The van der Waals surface area contributed by atoms with Crippen molar-refractivity contribution in [3.63, 3.8) is 0 Å². The van der Waals surface area contributed by atoms with Crippen molar-refractivity contribution in [1.29, 1.82) is 5.41 Å². The van der Waals surface area contributed by atoms with Crippen LogP contribution in [-0.4, -0.2) is 72.0 Å².